The molecule has 7 heteroatoms. The van der Waals surface area contributed by atoms with E-state index in [0.717, 1.165) is 6.42 Å². The number of fused-ring (bicyclic) bond motifs is 1. The highest BCUT2D eigenvalue weighted by Crippen LogP contribution is 2.28. The number of oxazole rings is 1. The molecule has 20 heavy (non-hydrogen) atoms. The van der Waals surface area contributed by atoms with Crippen molar-refractivity contribution in [2.24, 2.45) is 0 Å². The number of amides is 1. The van der Waals surface area contributed by atoms with Crippen molar-refractivity contribution >= 4 is 28.4 Å². The zero-order valence-corrected chi connectivity index (χ0v) is 11.5. The lowest BCUT2D eigenvalue weighted by Gasteiger charge is -2.24. The third-order valence-corrected chi connectivity index (χ3v) is 3.02. The van der Waals surface area contributed by atoms with Crippen molar-refractivity contribution in [3.05, 3.63) is 22.7 Å². The number of carbonyl (C=O) groups is 1. The molecule has 2 aromatic rings. The summed E-state index contributed by atoms with van der Waals surface area (Å²) in [5, 5.41) is 2.59. The van der Waals surface area contributed by atoms with E-state index in [-0.39, 0.29) is 12.5 Å². The molecule has 0 radical (unpaired) electrons. The van der Waals surface area contributed by atoms with Gasteiger partial charge in [-0.05, 0) is 12.5 Å². The van der Waals surface area contributed by atoms with Gasteiger partial charge in [-0.2, -0.15) is 0 Å². The number of nitrogen functional groups attached to an aromatic ring is 1. The first-order chi connectivity index (χ1) is 9.55. The van der Waals surface area contributed by atoms with Crippen LogP contribution in [0.1, 0.15) is 13.3 Å². The van der Waals surface area contributed by atoms with Crippen LogP contribution in [0.5, 0.6) is 0 Å². The van der Waals surface area contributed by atoms with Crippen LogP contribution in [0.25, 0.3) is 11.1 Å². The number of H-pyrrole nitrogens is 1. The minimum atomic E-state index is -0.523. The van der Waals surface area contributed by atoms with Crippen LogP contribution in [0.3, 0.4) is 0 Å². The monoisotopic (exact) mass is 278 g/mol. The number of nitrogens with two attached hydrogens (primary N) is 1. The Kier molecular flexibility index (Phi) is 3.97. The second kappa shape index (κ2) is 5.68. The van der Waals surface area contributed by atoms with Crippen molar-refractivity contribution in [2.75, 3.05) is 30.8 Å². The summed E-state index contributed by atoms with van der Waals surface area (Å²) < 4.78 is 4.96. The lowest BCUT2D eigenvalue weighted by molar-refractivity contribution is -0.119. The molecule has 0 aliphatic heterocycles. The van der Waals surface area contributed by atoms with E-state index in [1.165, 1.54) is 0 Å². The SMILES string of the molecule is CCCN(CC(=O)NC)c1cc2[nH]c(=O)oc2cc1N. The third kappa shape index (κ3) is 2.76. The fourth-order valence-electron chi connectivity index (χ4n) is 2.08. The predicted octanol–water partition coefficient (Wildman–Crippen LogP) is 0.666. The zero-order valence-electron chi connectivity index (χ0n) is 11.5. The molecule has 1 aromatic heterocycles. The molecular formula is C13H18N4O3. The topological polar surface area (TPSA) is 104 Å². The first kappa shape index (κ1) is 14.0. The molecule has 1 heterocycles. The number of nitrogens with one attached hydrogen (secondary N) is 2. The van der Waals surface area contributed by atoms with E-state index < -0.39 is 5.76 Å². The Morgan fingerprint density at radius 2 is 2.25 bits per heavy atom. The highest BCUT2D eigenvalue weighted by molar-refractivity contribution is 5.88. The van der Waals surface area contributed by atoms with E-state index in [9.17, 15) is 9.59 Å². The molecule has 2 rings (SSSR count). The molecule has 1 aromatic carbocycles. The van der Waals surface area contributed by atoms with Crippen LogP contribution in [0, 0.1) is 0 Å². The molecule has 0 saturated carbocycles. The number of carbonyl (C=O) groups excluding carboxylic acids is 1. The highest BCUT2D eigenvalue weighted by atomic mass is 16.4. The smallest absolute Gasteiger partial charge is 0.408 e. The molecular weight excluding hydrogens is 260 g/mol. The summed E-state index contributed by atoms with van der Waals surface area (Å²) in [4.78, 5) is 27.2. The van der Waals surface area contributed by atoms with Crippen molar-refractivity contribution in [1.82, 2.24) is 10.3 Å². The van der Waals surface area contributed by atoms with E-state index in [4.69, 9.17) is 10.2 Å². The first-order valence-corrected chi connectivity index (χ1v) is 6.43. The number of benzene rings is 1. The molecule has 0 aliphatic carbocycles. The molecule has 4 N–H and O–H groups in total. The standard InChI is InChI=1S/C13H18N4O3/c1-3-4-17(7-12(18)15-2)10-6-9-11(5-8(10)14)20-13(19)16-9/h5-6H,3-4,7,14H2,1-2H3,(H,15,18)(H,16,19). The summed E-state index contributed by atoms with van der Waals surface area (Å²) in [5.74, 6) is -0.622. The van der Waals surface area contributed by atoms with E-state index >= 15 is 0 Å². The molecule has 1 amide bonds. The van der Waals surface area contributed by atoms with Gasteiger partial charge < -0.3 is 20.4 Å². The lowest BCUT2D eigenvalue weighted by atomic mass is 10.2. The number of likely N-dealkylation sites (N-methyl/N-ethyl adjacent to an activating group) is 1. The lowest BCUT2D eigenvalue weighted by Crippen LogP contribution is -2.36. The fraction of sp³-hybridized carbons (Fsp3) is 0.385. The number of nitrogens with zero attached hydrogens (tertiary/aromatic N) is 1. The van der Waals surface area contributed by atoms with Crippen LogP contribution >= 0.6 is 0 Å². The maximum absolute atomic E-state index is 11.6. The number of rotatable bonds is 5. The first-order valence-electron chi connectivity index (χ1n) is 6.43. The second-order valence-corrected chi connectivity index (χ2v) is 4.52. The Balaban J connectivity index is 2.43. The van der Waals surface area contributed by atoms with Crippen LogP contribution in [-0.2, 0) is 4.79 Å². The zero-order chi connectivity index (χ0) is 14.7. The summed E-state index contributed by atoms with van der Waals surface area (Å²) in [6, 6.07) is 3.32. The molecule has 108 valence electrons. The normalized spacial score (nSPS) is 10.7. The van der Waals surface area contributed by atoms with Gasteiger partial charge in [0.05, 0.1) is 23.4 Å². The maximum atomic E-state index is 11.6. The average molecular weight is 278 g/mol. The molecule has 0 bridgehead atoms. The molecule has 0 unspecified atom stereocenters. The molecule has 0 atom stereocenters. The van der Waals surface area contributed by atoms with Crippen LogP contribution in [0.2, 0.25) is 0 Å². The van der Waals surface area contributed by atoms with E-state index in [1.54, 1.807) is 19.2 Å². The van der Waals surface area contributed by atoms with Gasteiger partial charge in [-0.3, -0.25) is 9.78 Å². The molecule has 0 fully saturated rings. The van der Waals surface area contributed by atoms with Crippen molar-refractivity contribution < 1.29 is 9.21 Å². The van der Waals surface area contributed by atoms with Crippen molar-refractivity contribution in [2.45, 2.75) is 13.3 Å². The van der Waals surface area contributed by atoms with Gasteiger partial charge in [-0.25, -0.2) is 4.79 Å². The van der Waals surface area contributed by atoms with Crippen molar-refractivity contribution in [1.29, 1.82) is 0 Å². The second-order valence-electron chi connectivity index (χ2n) is 4.52. The van der Waals surface area contributed by atoms with E-state index in [2.05, 4.69) is 10.3 Å². The number of anilines is 2. The summed E-state index contributed by atoms with van der Waals surface area (Å²) in [7, 11) is 1.59. The van der Waals surface area contributed by atoms with Crippen molar-refractivity contribution in [3.63, 3.8) is 0 Å². The Labute approximate surface area is 115 Å². The third-order valence-electron chi connectivity index (χ3n) is 3.02. The van der Waals surface area contributed by atoms with E-state index in [0.29, 0.717) is 29.0 Å². The van der Waals surface area contributed by atoms with Crippen LogP contribution in [0.15, 0.2) is 21.3 Å². The molecule has 7 nitrogen and oxygen atoms in total. The number of aromatic amines is 1. The highest BCUT2D eigenvalue weighted by Gasteiger charge is 2.15. The Morgan fingerprint density at radius 1 is 1.50 bits per heavy atom. The van der Waals surface area contributed by atoms with Gasteiger partial charge in [0.1, 0.15) is 0 Å². The minimum Gasteiger partial charge on any atom is -0.408 e. The predicted molar refractivity (Wildman–Crippen MR) is 77.8 cm³/mol. The van der Waals surface area contributed by atoms with Gasteiger partial charge >= 0.3 is 5.76 Å². The summed E-state index contributed by atoms with van der Waals surface area (Å²) in [6.07, 6.45) is 0.871. The average Bonchev–Trinajstić information content (AvgIpc) is 2.76. The van der Waals surface area contributed by atoms with Gasteiger partial charge in [0, 0.05) is 19.7 Å². The fourth-order valence-corrected chi connectivity index (χ4v) is 2.08. The van der Waals surface area contributed by atoms with Gasteiger partial charge in [-0.1, -0.05) is 6.92 Å². The minimum absolute atomic E-state index is 0.0985. The largest absolute Gasteiger partial charge is 0.417 e. The Bertz CT molecular complexity index is 674. The Hall–Kier alpha value is -2.44. The Morgan fingerprint density at radius 3 is 2.90 bits per heavy atom. The van der Waals surface area contributed by atoms with Gasteiger partial charge in [0.2, 0.25) is 5.91 Å². The summed E-state index contributed by atoms with van der Waals surface area (Å²) in [6.45, 7) is 2.92. The van der Waals surface area contributed by atoms with Gasteiger partial charge in [0.25, 0.3) is 0 Å². The molecule has 0 aliphatic rings. The van der Waals surface area contributed by atoms with Crippen molar-refractivity contribution in [3.8, 4) is 0 Å². The number of hydrogen-bond acceptors (Lipinski definition) is 5. The number of aromatic nitrogens is 1. The quantitative estimate of drug-likeness (QED) is 0.697. The van der Waals surface area contributed by atoms with Gasteiger partial charge in [0.15, 0.2) is 5.58 Å². The van der Waals surface area contributed by atoms with Crippen LogP contribution in [-0.4, -0.2) is 31.0 Å². The van der Waals surface area contributed by atoms with Crippen LogP contribution < -0.4 is 21.7 Å². The van der Waals surface area contributed by atoms with Crippen LogP contribution in [0.4, 0.5) is 11.4 Å². The van der Waals surface area contributed by atoms with Gasteiger partial charge in [-0.15, -0.1) is 0 Å². The molecule has 0 spiro atoms. The summed E-state index contributed by atoms with van der Waals surface area (Å²) >= 11 is 0. The van der Waals surface area contributed by atoms with E-state index in [1.807, 2.05) is 11.8 Å². The summed E-state index contributed by atoms with van der Waals surface area (Å²) in [5.41, 5.74) is 8.15. The number of hydrogen-bond donors (Lipinski definition) is 3. The molecule has 0 saturated heterocycles. The maximum Gasteiger partial charge on any atom is 0.417 e.